The minimum absolute atomic E-state index is 0.901. The predicted octanol–water partition coefficient (Wildman–Crippen LogP) is 5.60. The summed E-state index contributed by atoms with van der Waals surface area (Å²) in [6, 6.07) is 16.6. The van der Waals surface area contributed by atoms with Crippen LogP contribution in [0, 0.1) is 0 Å². The maximum absolute atomic E-state index is 4.54. The largest absolute Gasteiger partial charge is 0.254 e. The highest BCUT2D eigenvalue weighted by molar-refractivity contribution is 7.13. The Hall–Kier alpha value is -2.30. The lowest BCUT2D eigenvalue weighted by atomic mass is 10.1. The molecule has 0 aromatic carbocycles. The lowest BCUT2D eigenvalue weighted by Crippen LogP contribution is -1.87. The summed E-state index contributed by atoms with van der Waals surface area (Å²) in [5.74, 6) is 0. The van der Waals surface area contributed by atoms with Gasteiger partial charge in [0.25, 0.3) is 0 Å². The van der Waals surface area contributed by atoms with E-state index in [4.69, 9.17) is 0 Å². The van der Waals surface area contributed by atoms with Crippen molar-refractivity contribution in [2.45, 2.75) is 0 Å². The molecular formula is C18H12N2S2. The van der Waals surface area contributed by atoms with E-state index in [1.54, 1.807) is 22.7 Å². The molecule has 0 saturated heterocycles. The minimum atomic E-state index is 0.901. The highest BCUT2D eigenvalue weighted by Crippen LogP contribution is 2.27. The molecule has 0 atom stereocenters. The Morgan fingerprint density at radius 1 is 0.591 bits per heavy atom. The summed E-state index contributed by atoms with van der Waals surface area (Å²) in [7, 11) is 0. The summed E-state index contributed by atoms with van der Waals surface area (Å²) in [4.78, 5) is 11.6. The molecule has 4 aromatic rings. The van der Waals surface area contributed by atoms with Crippen molar-refractivity contribution in [1.29, 1.82) is 0 Å². The van der Waals surface area contributed by atoms with Gasteiger partial charge in [-0.3, -0.25) is 9.97 Å². The van der Waals surface area contributed by atoms with Gasteiger partial charge in [0.1, 0.15) is 0 Å². The monoisotopic (exact) mass is 320 g/mol. The summed E-state index contributed by atoms with van der Waals surface area (Å²) >= 11 is 3.45. The number of aromatic nitrogens is 2. The number of thiophene rings is 2. The van der Waals surface area contributed by atoms with Crippen LogP contribution >= 0.6 is 22.7 Å². The molecule has 4 rings (SSSR count). The van der Waals surface area contributed by atoms with Gasteiger partial charge < -0.3 is 0 Å². The standard InChI is InChI=1S/C18H12N2S2/c1-3-17(21-9-1)13-5-7-15(19-11-13)16-8-6-14(12-20-16)18-4-2-10-22-18/h1-12H. The Labute approximate surface area is 136 Å². The van der Waals surface area contributed by atoms with Gasteiger partial charge in [-0.1, -0.05) is 12.1 Å². The van der Waals surface area contributed by atoms with Crippen LogP contribution in [0.4, 0.5) is 0 Å². The molecule has 0 aliphatic rings. The predicted molar refractivity (Wildman–Crippen MR) is 94.1 cm³/mol. The minimum Gasteiger partial charge on any atom is -0.254 e. The maximum Gasteiger partial charge on any atom is 0.0886 e. The molecule has 0 radical (unpaired) electrons. The molecule has 4 heteroatoms. The highest BCUT2D eigenvalue weighted by atomic mass is 32.1. The Morgan fingerprint density at radius 3 is 1.41 bits per heavy atom. The molecule has 0 fully saturated rings. The second-order valence-corrected chi connectivity index (χ2v) is 6.71. The molecule has 4 heterocycles. The van der Waals surface area contributed by atoms with Gasteiger partial charge in [-0.2, -0.15) is 0 Å². The number of hydrogen-bond acceptors (Lipinski definition) is 4. The molecule has 0 spiro atoms. The van der Waals surface area contributed by atoms with Crippen molar-refractivity contribution in [3.8, 4) is 32.3 Å². The summed E-state index contributed by atoms with van der Waals surface area (Å²) in [6.45, 7) is 0. The van der Waals surface area contributed by atoms with Gasteiger partial charge in [-0.15, -0.1) is 22.7 Å². The van der Waals surface area contributed by atoms with Crippen molar-refractivity contribution in [1.82, 2.24) is 9.97 Å². The van der Waals surface area contributed by atoms with Crippen molar-refractivity contribution >= 4 is 22.7 Å². The van der Waals surface area contributed by atoms with Crippen LogP contribution in [0.5, 0.6) is 0 Å². The Balaban J connectivity index is 1.62. The Kier molecular flexibility index (Phi) is 3.54. The summed E-state index contributed by atoms with van der Waals surface area (Å²) in [5.41, 5.74) is 4.10. The molecule has 0 N–H and O–H groups in total. The molecule has 0 unspecified atom stereocenters. The van der Waals surface area contributed by atoms with Crippen molar-refractivity contribution < 1.29 is 0 Å². The fraction of sp³-hybridized carbons (Fsp3) is 0. The van der Waals surface area contributed by atoms with E-state index in [-0.39, 0.29) is 0 Å². The molecule has 0 aliphatic carbocycles. The zero-order chi connectivity index (χ0) is 14.8. The van der Waals surface area contributed by atoms with Crippen LogP contribution in [0.25, 0.3) is 32.3 Å². The highest BCUT2D eigenvalue weighted by Gasteiger charge is 2.05. The van der Waals surface area contributed by atoms with Crippen molar-refractivity contribution in [3.63, 3.8) is 0 Å². The van der Waals surface area contributed by atoms with Crippen molar-refractivity contribution in [2.75, 3.05) is 0 Å². The molecule has 4 aromatic heterocycles. The molecule has 0 saturated carbocycles. The number of nitrogens with zero attached hydrogens (tertiary/aromatic N) is 2. The lowest BCUT2D eigenvalue weighted by molar-refractivity contribution is 1.25. The van der Waals surface area contributed by atoms with E-state index in [2.05, 4.69) is 57.1 Å². The first-order valence-corrected chi connectivity index (χ1v) is 8.66. The van der Waals surface area contributed by atoms with Gasteiger partial charge in [-0.05, 0) is 47.2 Å². The van der Waals surface area contributed by atoms with E-state index in [0.717, 1.165) is 22.5 Å². The zero-order valence-electron chi connectivity index (χ0n) is 11.6. The van der Waals surface area contributed by atoms with Crippen LogP contribution in [-0.2, 0) is 0 Å². The number of pyridine rings is 2. The third-order valence-electron chi connectivity index (χ3n) is 3.40. The van der Waals surface area contributed by atoms with Crippen LogP contribution in [0.3, 0.4) is 0 Å². The second kappa shape index (κ2) is 5.83. The van der Waals surface area contributed by atoms with Crippen LogP contribution in [0.15, 0.2) is 71.7 Å². The Morgan fingerprint density at radius 2 is 1.09 bits per heavy atom. The van der Waals surface area contributed by atoms with Crippen LogP contribution < -0.4 is 0 Å². The number of hydrogen-bond donors (Lipinski definition) is 0. The fourth-order valence-corrected chi connectivity index (χ4v) is 3.70. The zero-order valence-corrected chi connectivity index (χ0v) is 13.3. The van der Waals surface area contributed by atoms with E-state index in [0.29, 0.717) is 0 Å². The molecule has 0 amide bonds. The van der Waals surface area contributed by atoms with E-state index in [9.17, 15) is 0 Å². The summed E-state index contributed by atoms with van der Waals surface area (Å²) < 4.78 is 0. The molecule has 0 aliphatic heterocycles. The van der Waals surface area contributed by atoms with Crippen LogP contribution in [-0.4, -0.2) is 9.97 Å². The van der Waals surface area contributed by atoms with Crippen molar-refractivity contribution in [2.24, 2.45) is 0 Å². The average Bonchev–Trinajstić information content (AvgIpc) is 3.29. The lowest BCUT2D eigenvalue weighted by Gasteiger charge is -2.03. The third-order valence-corrected chi connectivity index (χ3v) is 5.24. The first-order valence-electron chi connectivity index (χ1n) is 6.90. The SMILES string of the molecule is c1csc(-c2ccc(-c3ccc(-c4cccs4)cn3)nc2)c1. The number of rotatable bonds is 3. The van der Waals surface area contributed by atoms with E-state index >= 15 is 0 Å². The first kappa shape index (κ1) is 13.4. The summed E-state index contributed by atoms with van der Waals surface area (Å²) in [6.07, 6.45) is 3.83. The van der Waals surface area contributed by atoms with Gasteiger partial charge in [0, 0.05) is 33.3 Å². The van der Waals surface area contributed by atoms with E-state index < -0.39 is 0 Å². The molecule has 106 valence electrons. The molecule has 2 nitrogen and oxygen atoms in total. The van der Waals surface area contributed by atoms with Gasteiger partial charge in [0.2, 0.25) is 0 Å². The summed E-state index contributed by atoms with van der Waals surface area (Å²) in [5, 5.41) is 4.15. The van der Waals surface area contributed by atoms with Crippen molar-refractivity contribution in [3.05, 3.63) is 71.7 Å². The van der Waals surface area contributed by atoms with Crippen LogP contribution in [0.1, 0.15) is 0 Å². The average molecular weight is 320 g/mol. The molecular weight excluding hydrogens is 308 g/mol. The quantitative estimate of drug-likeness (QED) is 0.491. The molecule has 22 heavy (non-hydrogen) atoms. The van der Waals surface area contributed by atoms with E-state index in [1.165, 1.54) is 9.75 Å². The molecule has 0 bridgehead atoms. The van der Waals surface area contributed by atoms with Gasteiger partial charge in [0.05, 0.1) is 11.4 Å². The van der Waals surface area contributed by atoms with Gasteiger partial charge >= 0.3 is 0 Å². The Bertz CT molecular complexity index is 771. The van der Waals surface area contributed by atoms with E-state index in [1.807, 2.05) is 24.5 Å². The third kappa shape index (κ3) is 2.58. The fourth-order valence-electron chi connectivity index (χ4n) is 2.27. The van der Waals surface area contributed by atoms with Gasteiger partial charge in [0.15, 0.2) is 0 Å². The topological polar surface area (TPSA) is 25.8 Å². The second-order valence-electron chi connectivity index (χ2n) is 4.82. The van der Waals surface area contributed by atoms with Gasteiger partial charge in [-0.25, -0.2) is 0 Å². The maximum atomic E-state index is 4.54. The normalized spacial score (nSPS) is 10.7. The smallest absolute Gasteiger partial charge is 0.0886 e. The van der Waals surface area contributed by atoms with Crippen LogP contribution in [0.2, 0.25) is 0 Å². The first-order chi connectivity index (χ1) is 10.9.